The van der Waals surface area contributed by atoms with Crippen molar-refractivity contribution in [3.05, 3.63) is 156 Å². The number of allylic oxidation sites excluding steroid dienone is 1. The van der Waals surface area contributed by atoms with Gasteiger partial charge in [-0.25, -0.2) is 0 Å². The first-order valence-electron chi connectivity index (χ1n) is 15.1. The minimum absolute atomic E-state index is 0.218. The summed E-state index contributed by atoms with van der Waals surface area (Å²) in [6, 6.07) is 40.8. The van der Waals surface area contributed by atoms with Crippen molar-refractivity contribution in [2.24, 2.45) is 0 Å². The Hall–Kier alpha value is -3.58. The molecule has 1 aliphatic rings. The highest BCUT2D eigenvalue weighted by Gasteiger charge is 2.48. The second kappa shape index (κ2) is 16.9. The van der Waals surface area contributed by atoms with Gasteiger partial charge in [-0.15, -0.1) is 6.58 Å². The van der Waals surface area contributed by atoms with E-state index in [9.17, 15) is 0 Å². The van der Waals surface area contributed by atoms with E-state index in [1.54, 1.807) is 0 Å². The molecule has 0 spiro atoms. The SMILES string of the molecule is C=CCC[C@@H]1O[C@H](COCc2ccccc2)[C@@H](OCc2ccccc2)[C@H](OCc2ccccc2)[C@H]1OCc1ccccc1. The van der Waals surface area contributed by atoms with E-state index >= 15 is 0 Å². The van der Waals surface area contributed by atoms with Crippen LogP contribution in [-0.2, 0) is 50.1 Å². The average Bonchev–Trinajstić information content (AvgIpc) is 3.07. The molecule has 1 aliphatic heterocycles. The van der Waals surface area contributed by atoms with Gasteiger partial charge in [0.25, 0.3) is 0 Å². The minimum atomic E-state index is -0.416. The third-order valence-electron chi connectivity index (χ3n) is 7.63. The molecular formula is C38H42O5. The lowest BCUT2D eigenvalue weighted by Gasteiger charge is -2.46. The van der Waals surface area contributed by atoms with E-state index < -0.39 is 6.10 Å². The molecule has 0 amide bonds. The normalized spacial score (nSPS) is 21.8. The molecule has 0 N–H and O–H groups in total. The molecule has 0 saturated carbocycles. The second-order valence-electron chi connectivity index (χ2n) is 10.9. The second-order valence-corrected chi connectivity index (χ2v) is 10.9. The molecule has 1 saturated heterocycles. The molecule has 0 bridgehead atoms. The number of rotatable bonds is 16. The zero-order chi connectivity index (χ0) is 29.5. The predicted molar refractivity (Wildman–Crippen MR) is 169 cm³/mol. The van der Waals surface area contributed by atoms with Crippen molar-refractivity contribution in [1.29, 1.82) is 0 Å². The highest BCUT2D eigenvalue weighted by Crippen LogP contribution is 2.33. The Labute approximate surface area is 256 Å². The van der Waals surface area contributed by atoms with Crippen molar-refractivity contribution in [3.63, 3.8) is 0 Å². The number of hydrogen-bond acceptors (Lipinski definition) is 5. The van der Waals surface area contributed by atoms with Gasteiger partial charge in [0.15, 0.2) is 0 Å². The van der Waals surface area contributed by atoms with Crippen LogP contribution in [0, 0.1) is 0 Å². The van der Waals surface area contributed by atoms with Gasteiger partial charge in [-0.05, 0) is 35.1 Å². The summed E-state index contributed by atoms with van der Waals surface area (Å²) in [7, 11) is 0. The van der Waals surface area contributed by atoms with E-state index in [1.807, 2.05) is 78.9 Å². The zero-order valence-corrected chi connectivity index (χ0v) is 24.7. The Morgan fingerprint density at radius 3 is 1.35 bits per heavy atom. The Balaban J connectivity index is 1.41. The Kier molecular flexibility index (Phi) is 12.1. The van der Waals surface area contributed by atoms with Gasteiger partial charge in [-0.3, -0.25) is 0 Å². The molecule has 4 aromatic carbocycles. The van der Waals surface area contributed by atoms with Crippen LogP contribution >= 0.6 is 0 Å². The van der Waals surface area contributed by atoms with Crippen LogP contribution in [0.5, 0.6) is 0 Å². The standard InChI is InChI=1S/C38H42O5/c1-2-3-24-34-36(40-26-31-18-10-5-11-19-31)38(42-28-33-22-14-7-15-23-33)37(41-27-32-20-12-6-13-21-32)35(43-34)29-39-25-30-16-8-4-9-17-30/h2,4-23,34-38H,1,3,24-29H2/t34-,35+,36-,37+,38+/m0/s1. The molecule has 0 aliphatic carbocycles. The summed E-state index contributed by atoms with van der Waals surface area (Å²) in [5.41, 5.74) is 4.40. The van der Waals surface area contributed by atoms with Crippen LogP contribution in [0.4, 0.5) is 0 Å². The highest BCUT2D eigenvalue weighted by atomic mass is 16.6. The van der Waals surface area contributed by atoms with Crippen LogP contribution in [0.1, 0.15) is 35.1 Å². The molecule has 1 heterocycles. The summed E-state index contributed by atoms with van der Waals surface area (Å²) in [6.07, 6.45) is 1.76. The van der Waals surface area contributed by atoms with E-state index in [0.717, 1.165) is 35.1 Å². The van der Waals surface area contributed by atoms with Gasteiger partial charge in [0.2, 0.25) is 0 Å². The third-order valence-corrected chi connectivity index (χ3v) is 7.63. The largest absolute Gasteiger partial charge is 0.374 e. The smallest absolute Gasteiger partial charge is 0.115 e. The topological polar surface area (TPSA) is 46.2 Å². The number of hydrogen-bond donors (Lipinski definition) is 0. The van der Waals surface area contributed by atoms with Crippen LogP contribution in [0.3, 0.4) is 0 Å². The molecule has 0 radical (unpaired) electrons. The van der Waals surface area contributed by atoms with Gasteiger partial charge in [0.1, 0.15) is 24.4 Å². The quantitative estimate of drug-likeness (QED) is 0.128. The highest BCUT2D eigenvalue weighted by molar-refractivity contribution is 5.16. The summed E-state index contributed by atoms with van der Waals surface area (Å²) in [6.45, 7) is 6.14. The lowest BCUT2D eigenvalue weighted by atomic mass is 9.91. The molecule has 43 heavy (non-hydrogen) atoms. The predicted octanol–water partition coefficient (Wildman–Crippen LogP) is 7.69. The Morgan fingerprint density at radius 2 is 0.907 bits per heavy atom. The minimum Gasteiger partial charge on any atom is -0.374 e. The van der Waals surface area contributed by atoms with Crippen LogP contribution in [0.25, 0.3) is 0 Å². The fourth-order valence-corrected chi connectivity index (χ4v) is 5.40. The number of ether oxygens (including phenoxy) is 5. The van der Waals surface area contributed by atoms with Gasteiger partial charge >= 0.3 is 0 Å². The fraction of sp³-hybridized carbons (Fsp3) is 0.316. The molecule has 5 atom stereocenters. The molecule has 0 aromatic heterocycles. The molecule has 224 valence electrons. The van der Waals surface area contributed by atoms with Crippen LogP contribution in [-0.4, -0.2) is 37.1 Å². The van der Waals surface area contributed by atoms with Crippen molar-refractivity contribution in [2.45, 2.75) is 69.8 Å². The van der Waals surface area contributed by atoms with Crippen molar-refractivity contribution in [2.75, 3.05) is 6.61 Å². The summed E-state index contributed by atoms with van der Waals surface area (Å²) >= 11 is 0. The Morgan fingerprint density at radius 1 is 0.512 bits per heavy atom. The van der Waals surface area contributed by atoms with Gasteiger partial charge in [0.05, 0.1) is 39.1 Å². The van der Waals surface area contributed by atoms with Gasteiger partial charge in [-0.2, -0.15) is 0 Å². The zero-order valence-electron chi connectivity index (χ0n) is 24.7. The molecule has 5 heteroatoms. The monoisotopic (exact) mass is 578 g/mol. The van der Waals surface area contributed by atoms with E-state index in [2.05, 4.69) is 55.1 Å². The summed E-state index contributed by atoms with van der Waals surface area (Å²) in [5, 5.41) is 0. The lowest BCUT2D eigenvalue weighted by molar-refractivity contribution is -0.273. The van der Waals surface area contributed by atoms with E-state index in [-0.39, 0.29) is 24.4 Å². The van der Waals surface area contributed by atoms with Crippen molar-refractivity contribution < 1.29 is 23.7 Å². The molecule has 5 rings (SSSR count). The van der Waals surface area contributed by atoms with Gasteiger partial charge in [-0.1, -0.05) is 127 Å². The van der Waals surface area contributed by atoms with Gasteiger partial charge in [0, 0.05) is 0 Å². The average molecular weight is 579 g/mol. The van der Waals surface area contributed by atoms with Crippen LogP contribution < -0.4 is 0 Å². The van der Waals surface area contributed by atoms with Crippen molar-refractivity contribution >= 4 is 0 Å². The van der Waals surface area contributed by atoms with Crippen LogP contribution in [0.2, 0.25) is 0 Å². The summed E-state index contributed by atoms with van der Waals surface area (Å²) in [5.74, 6) is 0. The first-order chi connectivity index (χ1) is 21.3. The number of benzene rings is 4. The van der Waals surface area contributed by atoms with Crippen LogP contribution in [0.15, 0.2) is 134 Å². The third kappa shape index (κ3) is 9.45. The Bertz CT molecular complexity index is 1320. The maximum Gasteiger partial charge on any atom is 0.115 e. The molecule has 0 unspecified atom stereocenters. The van der Waals surface area contributed by atoms with Crippen molar-refractivity contribution in [3.8, 4) is 0 Å². The summed E-state index contributed by atoms with van der Waals surface area (Å²) in [4.78, 5) is 0. The lowest BCUT2D eigenvalue weighted by Crippen LogP contribution is -2.61. The van der Waals surface area contributed by atoms with Crippen molar-refractivity contribution in [1.82, 2.24) is 0 Å². The summed E-state index contributed by atoms with van der Waals surface area (Å²) < 4.78 is 33.2. The fourth-order valence-electron chi connectivity index (χ4n) is 5.40. The molecular weight excluding hydrogens is 536 g/mol. The molecule has 5 nitrogen and oxygen atoms in total. The first kappa shape index (κ1) is 30.9. The van der Waals surface area contributed by atoms with Gasteiger partial charge < -0.3 is 23.7 Å². The van der Waals surface area contributed by atoms with E-state index in [0.29, 0.717) is 33.0 Å². The first-order valence-corrected chi connectivity index (χ1v) is 15.1. The molecule has 4 aromatic rings. The van der Waals surface area contributed by atoms with E-state index in [4.69, 9.17) is 23.7 Å². The maximum absolute atomic E-state index is 6.81. The molecule has 1 fully saturated rings. The maximum atomic E-state index is 6.81. The van der Waals surface area contributed by atoms with E-state index in [1.165, 1.54) is 0 Å².